The van der Waals surface area contributed by atoms with Gasteiger partial charge in [-0.3, -0.25) is 4.79 Å². The van der Waals surface area contributed by atoms with Crippen LogP contribution < -0.4 is 5.32 Å². The van der Waals surface area contributed by atoms with Crippen molar-refractivity contribution in [2.24, 2.45) is 17.8 Å². The van der Waals surface area contributed by atoms with Gasteiger partial charge in [-0.25, -0.2) is 4.79 Å². The molecule has 0 bridgehead atoms. The first-order valence-electron chi connectivity index (χ1n) is 7.96. The Morgan fingerprint density at radius 1 is 1.30 bits per heavy atom. The number of carbonyl (C=O) groups is 2. The summed E-state index contributed by atoms with van der Waals surface area (Å²) in [6.45, 7) is 8.17. The molecule has 0 aromatic heterocycles. The molecule has 116 valence electrons. The third-order valence-corrected chi connectivity index (χ3v) is 4.25. The molecule has 3 unspecified atom stereocenters. The van der Waals surface area contributed by atoms with E-state index in [1.165, 1.54) is 6.42 Å². The Morgan fingerprint density at radius 2 is 2.00 bits per heavy atom. The maximum atomic E-state index is 12.4. The number of amides is 1. The monoisotopic (exact) mass is 283 g/mol. The lowest BCUT2D eigenvalue weighted by Crippen LogP contribution is -2.45. The number of nitrogens with one attached hydrogen (secondary N) is 1. The highest BCUT2D eigenvalue weighted by Crippen LogP contribution is 2.36. The zero-order valence-electron chi connectivity index (χ0n) is 13.3. The van der Waals surface area contributed by atoms with Gasteiger partial charge in [0.25, 0.3) is 0 Å². The topological polar surface area (TPSA) is 55.4 Å². The van der Waals surface area contributed by atoms with Crippen molar-refractivity contribution in [3.8, 4) is 0 Å². The second-order valence-corrected chi connectivity index (χ2v) is 6.06. The molecular weight excluding hydrogens is 254 g/mol. The number of hydrogen-bond acceptors (Lipinski definition) is 3. The highest BCUT2D eigenvalue weighted by atomic mass is 16.5. The Morgan fingerprint density at radius 3 is 2.60 bits per heavy atom. The van der Waals surface area contributed by atoms with Gasteiger partial charge in [0.05, 0.1) is 6.61 Å². The van der Waals surface area contributed by atoms with Crippen LogP contribution in [0.2, 0.25) is 0 Å². The Labute approximate surface area is 122 Å². The number of rotatable bonds is 6. The zero-order chi connectivity index (χ0) is 15.1. The Kier molecular flexibility index (Phi) is 7.03. The minimum absolute atomic E-state index is 0.0237. The molecule has 1 amide bonds. The Hall–Kier alpha value is -1.06. The summed E-state index contributed by atoms with van der Waals surface area (Å²) < 4.78 is 4.93. The van der Waals surface area contributed by atoms with Crippen molar-refractivity contribution in [3.63, 3.8) is 0 Å². The zero-order valence-corrected chi connectivity index (χ0v) is 13.3. The van der Waals surface area contributed by atoms with E-state index in [1.807, 2.05) is 0 Å². The van der Waals surface area contributed by atoms with E-state index >= 15 is 0 Å². The molecule has 0 aromatic rings. The molecule has 1 rings (SSSR count). The van der Waals surface area contributed by atoms with E-state index in [0.717, 1.165) is 25.7 Å². The fourth-order valence-corrected chi connectivity index (χ4v) is 3.13. The largest absolute Gasteiger partial charge is 0.464 e. The van der Waals surface area contributed by atoms with Crippen LogP contribution in [-0.4, -0.2) is 24.5 Å². The third-order valence-electron chi connectivity index (χ3n) is 4.25. The van der Waals surface area contributed by atoms with Gasteiger partial charge in [-0.15, -0.1) is 0 Å². The standard InChI is InChI=1S/C16H29NO3/c1-5-7-13-9-8-11(3)10-14(13)15(18)17-12(4)16(19)20-6-2/h11-14H,5-10H2,1-4H3,(H,17,18)/t11?,12-,13?,14?/m0/s1. The van der Waals surface area contributed by atoms with Crippen LogP contribution in [0, 0.1) is 17.8 Å². The minimum Gasteiger partial charge on any atom is -0.464 e. The summed E-state index contributed by atoms with van der Waals surface area (Å²) in [5.41, 5.74) is 0. The van der Waals surface area contributed by atoms with E-state index in [0.29, 0.717) is 18.4 Å². The third kappa shape index (κ3) is 4.80. The molecule has 1 aliphatic carbocycles. The van der Waals surface area contributed by atoms with Crippen molar-refractivity contribution >= 4 is 11.9 Å². The van der Waals surface area contributed by atoms with Gasteiger partial charge in [0.1, 0.15) is 6.04 Å². The highest BCUT2D eigenvalue weighted by Gasteiger charge is 2.34. The van der Waals surface area contributed by atoms with Crippen LogP contribution in [0.1, 0.15) is 59.8 Å². The summed E-state index contributed by atoms with van der Waals surface area (Å²) >= 11 is 0. The van der Waals surface area contributed by atoms with Gasteiger partial charge in [-0.05, 0) is 44.9 Å². The molecule has 1 aliphatic rings. The van der Waals surface area contributed by atoms with E-state index < -0.39 is 6.04 Å². The lowest BCUT2D eigenvalue weighted by Gasteiger charge is -2.34. The predicted octanol–water partition coefficient (Wildman–Crippen LogP) is 2.91. The van der Waals surface area contributed by atoms with Gasteiger partial charge < -0.3 is 10.1 Å². The van der Waals surface area contributed by atoms with Crippen molar-refractivity contribution in [3.05, 3.63) is 0 Å². The summed E-state index contributed by atoms with van der Waals surface area (Å²) in [5.74, 6) is 0.783. The maximum Gasteiger partial charge on any atom is 0.328 e. The molecule has 4 nitrogen and oxygen atoms in total. The smallest absolute Gasteiger partial charge is 0.328 e. The van der Waals surface area contributed by atoms with E-state index in [-0.39, 0.29) is 17.8 Å². The SMILES string of the molecule is CCCC1CCC(C)CC1C(=O)N[C@@H](C)C(=O)OCC. The van der Waals surface area contributed by atoms with Crippen molar-refractivity contribution in [1.29, 1.82) is 0 Å². The molecule has 0 aliphatic heterocycles. The summed E-state index contributed by atoms with van der Waals surface area (Å²) in [6, 6.07) is -0.554. The maximum absolute atomic E-state index is 12.4. The second-order valence-electron chi connectivity index (χ2n) is 6.06. The summed E-state index contributed by atoms with van der Waals surface area (Å²) in [5, 5.41) is 2.83. The first kappa shape index (κ1) is 17.0. The molecule has 20 heavy (non-hydrogen) atoms. The normalized spacial score (nSPS) is 27.7. The molecule has 0 heterocycles. The second kappa shape index (κ2) is 8.28. The van der Waals surface area contributed by atoms with Crippen molar-refractivity contribution in [1.82, 2.24) is 5.32 Å². The van der Waals surface area contributed by atoms with Gasteiger partial charge in [0.15, 0.2) is 0 Å². The summed E-state index contributed by atoms with van der Waals surface area (Å²) in [4.78, 5) is 24.0. The van der Waals surface area contributed by atoms with Crippen molar-refractivity contribution < 1.29 is 14.3 Å². The van der Waals surface area contributed by atoms with Crippen LogP contribution in [-0.2, 0) is 14.3 Å². The van der Waals surface area contributed by atoms with Crippen LogP contribution in [0.4, 0.5) is 0 Å². The number of hydrogen-bond donors (Lipinski definition) is 1. The molecule has 1 fully saturated rings. The number of carbonyl (C=O) groups excluding carboxylic acids is 2. The first-order chi connectivity index (χ1) is 9.49. The molecule has 0 radical (unpaired) electrons. The lowest BCUT2D eigenvalue weighted by atomic mass is 9.72. The summed E-state index contributed by atoms with van der Waals surface area (Å²) in [6.07, 6.45) is 5.48. The van der Waals surface area contributed by atoms with E-state index in [1.54, 1.807) is 13.8 Å². The molecule has 0 aromatic carbocycles. The fraction of sp³-hybridized carbons (Fsp3) is 0.875. The average molecular weight is 283 g/mol. The Balaban J connectivity index is 2.60. The van der Waals surface area contributed by atoms with Gasteiger partial charge in [0, 0.05) is 5.92 Å². The number of ether oxygens (including phenoxy) is 1. The van der Waals surface area contributed by atoms with Crippen LogP contribution in [0.5, 0.6) is 0 Å². The van der Waals surface area contributed by atoms with Gasteiger partial charge >= 0.3 is 5.97 Å². The minimum atomic E-state index is -0.554. The molecule has 4 heteroatoms. The fourth-order valence-electron chi connectivity index (χ4n) is 3.13. The first-order valence-corrected chi connectivity index (χ1v) is 7.96. The molecular formula is C16H29NO3. The Bertz CT molecular complexity index is 330. The predicted molar refractivity (Wildman–Crippen MR) is 79.1 cm³/mol. The van der Waals surface area contributed by atoms with E-state index in [4.69, 9.17) is 4.74 Å². The van der Waals surface area contributed by atoms with Crippen LogP contribution in [0.25, 0.3) is 0 Å². The van der Waals surface area contributed by atoms with Gasteiger partial charge in [-0.1, -0.05) is 26.7 Å². The molecule has 0 saturated heterocycles. The highest BCUT2D eigenvalue weighted by molar-refractivity contribution is 5.85. The van der Waals surface area contributed by atoms with E-state index in [9.17, 15) is 9.59 Å². The van der Waals surface area contributed by atoms with Gasteiger partial charge in [-0.2, -0.15) is 0 Å². The molecule has 1 saturated carbocycles. The van der Waals surface area contributed by atoms with Crippen molar-refractivity contribution in [2.45, 2.75) is 65.8 Å². The van der Waals surface area contributed by atoms with Crippen LogP contribution >= 0.6 is 0 Å². The summed E-state index contributed by atoms with van der Waals surface area (Å²) in [7, 11) is 0. The van der Waals surface area contributed by atoms with E-state index in [2.05, 4.69) is 19.2 Å². The van der Waals surface area contributed by atoms with Crippen molar-refractivity contribution in [2.75, 3.05) is 6.61 Å². The molecule has 1 N–H and O–H groups in total. The van der Waals surface area contributed by atoms with Crippen LogP contribution in [0.15, 0.2) is 0 Å². The quantitative estimate of drug-likeness (QED) is 0.763. The lowest BCUT2D eigenvalue weighted by molar-refractivity contribution is -0.147. The average Bonchev–Trinajstić information content (AvgIpc) is 2.41. The van der Waals surface area contributed by atoms with Gasteiger partial charge in [0.2, 0.25) is 5.91 Å². The molecule has 0 spiro atoms. The molecule has 4 atom stereocenters. The van der Waals surface area contributed by atoms with Crippen LogP contribution in [0.3, 0.4) is 0 Å². The number of esters is 1.